The fraction of sp³-hybridized carbons (Fsp3) is 0. The van der Waals surface area contributed by atoms with Crippen LogP contribution in [0.15, 0.2) is 59.3 Å². The molecule has 4 rings (SSSR count). The van der Waals surface area contributed by atoms with Gasteiger partial charge in [0.2, 0.25) is 0 Å². The second-order valence-electron chi connectivity index (χ2n) is 6.31. The van der Waals surface area contributed by atoms with Crippen molar-refractivity contribution in [2.75, 3.05) is 5.32 Å². The summed E-state index contributed by atoms with van der Waals surface area (Å²) in [6.07, 6.45) is 0. The molecule has 2 aromatic heterocycles. The maximum atomic E-state index is 13.8. The first-order valence-corrected chi connectivity index (χ1v) is 10.4. The number of nitrogens with zero attached hydrogens (tertiary/aromatic N) is 1. The highest BCUT2D eigenvalue weighted by molar-refractivity contribution is 7.15. The Kier molecular flexibility index (Phi) is 5.39. The van der Waals surface area contributed by atoms with Crippen molar-refractivity contribution in [1.82, 2.24) is 4.98 Å². The number of thiazole rings is 1. The zero-order chi connectivity index (χ0) is 21.3. The molecule has 2 heterocycles. The molecule has 0 radical (unpaired) electrons. The Morgan fingerprint density at radius 2 is 1.87 bits per heavy atom. The summed E-state index contributed by atoms with van der Waals surface area (Å²) in [6, 6.07) is 11.6. The minimum absolute atomic E-state index is 0.0177. The summed E-state index contributed by atoms with van der Waals surface area (Å²) in [5.74, 6) is -2.32. The highest BCUT2D eigenvalue weighted by Crippen LogP contribution is 2.32. The van der Waals surface area contributed by atoms with E-state index in [0.717, 1.165) is 34.0 Å². The Balaban J connectivity index is 1.55. The van der Waals surface area contributed by atoms with Crippen molar-refractivity contribution >= 4 is 40.1 Å². The minimum atomic E-state index is -0.923. The molecule has 0 spiro atoms. The average molecular weight is 441 g/mol. The van der Waals surface area contributed by atoms with Crippen molar-refractivity contribution in [2.45, 2.75) is 0 Å². The number of nitrogens with two attached hydrogens (primary N) is 1. The van der Waals surface area contributed by atoms with Crippen LogP contribution in [0.1, 0.15) is 15.2 Å². The third kappa shape index (κ3) is 4.12. The van der Waals surface area contributed by atoms with Gasteiger partial charge in [-0.1, -0.05) is 12.1 Å². The second-order valence-corrected chi connectivity index (χ2v) is 8.08. The van der Waals surface area contributed by atoms with Crippen LogP contribution < -0.4 is 11.1 Å². The van der Waals surface area contributed by atoms with Gasteiger partial charge < -0.3 is 11.1 Å². The third-order valence-electron chi connectivity index (χ3n) is 4.21. The lowest BCUT2D eigenvalue weighted by molar-refractivity contribution is 0.102. The number of amidine groups is 1. The van der Waals surface area contributed by atoms with Crippen LogP contribution >= 0.6 is 22.7 Å². The van der Waals surface area contributed by atoms with Crippen molar-refractivity contribution < 1.29 is 13.6 Å². The number of nitrogens with one attached hydrogen (secondary N) is 2. The summed E-state index contributed by atoms with van der Waals surface area (Å²) in [4.78, 5) is 17.6. The number of hydrogen-bond acceptors (Lipinski definition) is 5. The van der Waals surface area contributed by atoms with Crippen LogP contribution in [-0.4, -0.2) is 16.7 Å². The van der Waals surface area contributed by atoms with Gasteiger partial charge >= 0.3 is 0 Å². The molecule has 5 nitrogen and oxygen atoms in total. The van der Waals surface area contributed by atoms with Crippen LogP contribution in [0.3, 0.4) is 0 Å². The molecule has 0 aliphatic rings. The molecule has 30 heavy (non-hydrogen) atoms. The van der Waals surface area contributed by atoms with E-state index in [0.29, 0.717) is 16.6 Å². The molecule has 1 amide bonds. The summed E-state index contributed by atoms with van der Waals surface area (Å²) < 4.78 is 26.9. The number of aromatic nitrogens is 1. The number of amides is 1. The molecule has 0 saturated heterocycles. The molecule has 4 aromatic rings. The first-order valence-electron chi connectivity index (χ1n) is 8.66. The molecule has 4 N–H and O–H groups in total. The monoisotopic (exact) mass is 440 g/mol. The summed E-state index contributed by atoms with van der Waals surface area (Å²) in [5.41, 5.74) is 8.12. The van der Waals surface area contributed by atoms with E-state index < -0.39 is 17.5 Å². The number of rotatable bonds is 5. The molecule has 0 atom stereocenters. The summed E-state index contributed by atoms with van der Waals surface area (Å²) >= 11 is 2.84. The van der Waals surface area contributed by atoms with Gasteiger partial charge in [-0.15, -0.1) is 22.7 Å². The molecule has 0 bridgehead atoms. The maximum Gasteiger partial charge on any atom is 0.258 e. The van der Waals surface area contributed by atoms with Gasteiger partial charge in [-0.05, 0) is 30.3 Å². The average Bonchev–Trinajstić information content (AvgIpc) is 3.38. The fourth-order valence-electron chi connectivity index (χ4n) is 2.76. The first kappa shape index (κ1) is 19.9. The van der Waals surface area contributed by atoms with Gasteiger partial charge in [0.05, 0.1) is 16.1 Å². The minimum Gasteiger partial charge on any atom is -0.383 e. The Morgan fingerprint density at radius 3 is 2.60 bits per heavy atom. The van der Waals surface area contributed by atoms with Crippen LogP contribution in [-0.2, 0) is 0 Å². The Hall–Kier alpha value is -3.43. The van der Waals surface area contributed by atoms with Crippen molar-refractivity contribution in [1.29, 1.82) is 5.41 Å². The number of benzene rings is 2. The summed E-state index contributed by atoms with van der Waals surface area (Å²) in [5, 5.41) is 14.7. The predicted molar refractivity (Wildman–Crippen MR) is 116 cm³/mol. The molecule has 0 unspecified atom stereocenters. The Bertz CT molecular complexity index is 1270. The van der Waals surface area contributed by atoms with Gasteiger partial charge in [0.25, 0.3) is 5.91 Å². The van der Waals surface area contributed by atoms with E-state index in [1.54, 1.807) is 18.2 Å². The number of hydrogen-bond donors (Lipinski definition) is 3. The number of anilines is 1. The van der Waals surface area contributed by atoms with Crippen LogP contribution in [0.4, 0.5) is 14.5 Å². The zero-order valence-corrected chi connectivity index (χ0v) is 16.9. The maximum absolute atomic E-state index is 13.8. The van der Waals surface area contributed by atoms with E-state index >= 15 is 0 Å². The van der Waals surface area contributed by atoms with Crippen LogP contribution in [0.25, 0.3) is 21.8 Å². The molecule has 0 saturated carbocycles. The quantitative estimate of drug-likeness (QED) is 0.288. The number of carbonyl (C=O) groups is 1. The molecule has 0 aliphatic carbocycles. The Morgan fingerprint density at radius 1 is 1.03 bits per heavy atom. The standard InChI is InChI=1S/C21H14F2N4OS2/c22-13-4-5-15(16(23)8-13)20(28)26-14-3-1-2-11(6-14)17-10-30-21(27-17)12-7-18(19(24)25)29-9-12/h1-10H,(H3,24,25)(H,26,28). The van der Waals surface area contributed by atoms with Gasteiger partial charge in [-0.25, -0.2) is 13.8 Å². The van der Waals surface area contributed by atoms with E-state index in [1.807, 2.05) is 22.9 Å². The van der Waals surface area contributed by atoms with Gasteiger partial charge in [0, 0.05) is 33.6 Å². The largest absolute Gasteiger partial charge is 0.383 e. The van der Waals surface area contributed by atoms with E-state index in [1.165, 1.54) is 22.7 Å². The van der Waals surface area contributed by atoms with Crippen LogP contribution in [0.2, 0.25) is 0 Å². The molecular weight excluding hydrogens is 426 g/mol. The fourth-order valence-corrected chi connectivity index (χ4v) is 4.40. The topological polar surface area (TPSA) is 91.9 Å². The number of nitrogen functional groups attached to an aromatic ring is 1. The van der Waals surface area contributed by atoms with Gasteiger partial charge in [-0.2, -0.15) is 0 Å². The highest BCUT2D eigenvalue weighted by atomic mass is 32.1. The van der Waals surface area contributed by atoms with Gasteiger partial charge in [0.1, 0.15) is 22.5 Å². The lowest BCUT2D eigenvalue weighted by Crippen LogP contribution is -2.13. The molecule has 9 heteroatoms. The van der Waals surface area contributed by atoms with Crippen molar-refractivity contribution in [3.63, 3.8) is 0 Å². The summed E-state index contributed by atoms with van der Waals surface area (Å²) in [7, 11) is 0. The van der Waals surface area contributed by atoms with Crippen molar-refractivity contribution in [2.24, 2.45) is 5.73 Å². The van der Waals surface area contributed by atoms with E-state index in [-0.39, 0.29) is 11.4 Å². The van der Waals surface area contributed by atoms with Crippen LogP contribution in [0, 0.1) is 17.0 Å². The van der Waals surface area contributed by atoms with E-state index in [2.05, 4.69) is 10.3 Å². The molecule has 0 fully saturated rings. The second kappa shape index (κ2) is 8.13. The predicted octanol–water partition coefficient (Wildman–Crippen LogP) is 5.35. The molecule has 2 aromatic carbocycles. The summed E-state index contributed by atoms with van der Waals surface area (Å²) in [6.45, 7) is 0. The third-order valence-corrected chi connectivity index (χ3v) is 6.06. The van der Waals surface area contributed by atoms with E-state index in [4.69, 9.17) is 11.1 Å². The lowest BCUT2D eigenvalue weighted by atomic mass is 10.1. The highest BCUT2D eigenvalue weighted by Gasteiger charge is 2.14. The zero-order valence-electron chi connectivity index (χ0n) is 15.3. The van der Waals surface area contributed by atoms with Gasteiger partial charge in [-0.3, -0.25) is 10.2 Å². The Labute approximate surface area is 178 Å². The molecule has 0 aliphatic heterocycles. The number of halogens is 2. The number of thiophene rings is 1. The first-order chi connectivity index (χ1) is 14.4. The van der Waals surface area contributed by atoms with Crippen molar-refractivity contribution in [3.8, 4) is 21.8 Å². The number of carbonyl (C=O) groups excluding carboxylic acids is 1. The van der Waals surface area contributed by atoms with Crippen LogP contribution in [0.5, 0.6) is 0 Å². The van der Waals surface area contributed by atoms with Crippen molar-refractivity contribution in [3.05, 3.63) is 81.4 Å². The normalized spacial score (nSPS) is 10.7. The SMILES string of the molecule is N=C(N)c1cc(-c2nc(-c3cccc(NC(=O)c4ccc(F)cc4F)c3)cs2)cs1. The smallest absolute Gasteiger partial charge is 0.258 e. The molecular formula is C21H14F2N4OS2. The van der Waals surface area contributed by atoms with Gasteiger partial charge in [0.15, 0.2) is 0 Å². The molecule has 150 valence electrons. The van der Waals surface area contributed by atoms with E-state index in [9.17, 15) is 13.6 Å². The lowest BCUT2D eigenvalue weighted by Gasteiger charge is -2.07.